The zero-order valence-electron chi connectivity index (χ0n) is 43.6. The average Bonchev–Trinajstić information content (AvgIpc) is 3.91. The number of fused-ring (bicyclic) bond motifs is 1. The van der Waals surface area contributed by atoms with Crippen LogP contribution in [0, 0.1) is 11.8 Å². The molecule has 5 N–H and O–H groups in total. The number of halogens is 3. The molecule has 18 nitrogen and oxygen atoms in total. The first kappa shape index (κ1) is 55.3. The minimum Gasteiger partial charge on any atom is -0.378 e. The quantitative estimate of drug-likeness (QED) is 0.0950. The number of aromatic nitrogens is 3. The standard InChI is InChI=1S/C54H74F3N11O7/c1-32(2)66(3)38-16-20-45(68-25-22-43(53(68)74)64-50-40-27-35(54(55,56)57)11-19-42(40)60-31-61-50)44(28-38)65-51(72)33-9-12-36(13-10-33)62-46(69)8-6-26-75-39-17-14-37(15-18-39)63-47(70)21-24-59-52(73)41-29-48(71)67(4)49(41)34-7-5-23-58-30-34/h5,7,11,19,23,27,30-33,36-39,41,43-45,49H,6,8-10,12-18,20-22,24-26,28-29H2,1-4H3,(H,59,73)(H,62,69)(H,63,70)(H,65,72)(H,60,61,64)/t33?,36?,37?,38-,39?,41+,43+,44-,45+,49-/m1/s1. The van der Waals surface area contributed by atoms with Crippen molar-refractivity contribution in [1.29, 1.82) is 0 Å². The number of hydrogen-bond donors (Lipinski definition) is 5. The largest absolute Gasteiger partial charge is 0.416 e. The second kappa shape index (κ2) is 24.8. The molecule has 0 bridgehead atoms. The van der Waals surface area contributed by atoms with Gasteiger partial charge in [0, 0.05) is 93.9 Å². The molecule has 3 aliphatic carbocycles. The molecule has 408 valence electrons. The smallest absolute Gasteiger partial charge is 0.378 e. The molecule has 5 aliphatic rings. The number of nitrogens with zero attached hydrogens (tertiary/aromatic N) is 6. The normalized spacial score (nSPS) is 27.4. The Morgan fingerprint density at radius 1 is 0.867 bits per heavy atom. The summed E-state index contributed by atoms with van der Waals surface area (Å²) in [5, 5.41) is 15.8. The topological polar surface area (TPSA) is 220 Å². The molecule has 3 saturated carbocycles. The van der Waals surface area contributed by atoms with E-state index in [-0.39, 0.29) is 114 Å². The van der Waals surface area contributed by atoms with Crippen molar-refractivity contribution >= 4 is 52.2 Å². The molecule has 1 aromatic carbocycles. The van der Waals surface area contributed by atoms with Crippen LogP contribution < -0.4 is 26.6 Å². The Labute approximate surface area is 436 Å². The van der Waals surface area contributed by atoms with Crippen molar-refractivity contribution in [2.75, 3.05) is 39.1 Å². The highest BCUT2D eigenvalue weighted by atomic mass is 19.4. The van der Waals surface area contributed by atoms with Crippen molar-refractivity contribution < 1.29 is 46.7 Å². The summed E-state index contributed by atoms with van der Waals surface area (Å²) >= 11 is 0. The Bertz CT molecular complexity index is 2490. The Kier molecular flexibility index (Phi) is 18.3. The second-order valence-corrected chi connectivity index (χ2v) is 21.6. The summed E-state index contributed by atoms with van der Waals surface area (Å²) in [4.78, 5) is 97.7. The van der Waals surface area contributed by atoms with Gasteiger partial charge in [0.15, 0.2) is 0 Å². The van der Waals surface area contributed by atoms with E-state index in [0.717, 1.165) is 49.8 Å². The molecule has 6 atom stereocenters. The van der Waals surface area contributed by atoms with Crippen LogP contribution >= 0.6 is 0 Å². The first-order chi connectivity index (χ1) is 35.9. The highest BCUT2D eigenvalue weighted by Gasteiger charge is 2.45. The fourth-order valence-electron chi connectivity index (χ4n) is 11.9. The highest BCUT2D eigenvalue weighted by Crippen LogP contribution is 2.38. The van der Waals surface area contributed by atoms with Gasteiger partial charge in [-0.1, -0.05) is 6.07 Å². The number of ether oxygens (including phenoxy) is 1. The third kappa shape index (κ3) is 13.9. The van der Waals surface area contributed by atoms with E-state index in [0.29, 0.717) is 76.5 Å². The SMILES string of the molecule is CC(C)N(C)[C@@H]1CC[C@H](N2CC[C@H](Nc3ncnc4ccc(C(F)(F)F)cc34)C2=O)[C@H](NC(=O)C2CCC(NC(=O)CCCOC3CCC(NC(=O)CCNC(=O)[C@H]4CC(=O)N(C)[C@@H]4c4cccnc4)CC3)CC2)C1. The monoisotopic (exact) mass is 1050 g/mol. The van der Waals surface area contributed by atoms with Crippen LogP contribution in [0.4, 0.5) is 19.0 Å². The van der Waals surface area contributed by atoms with Gasteiger partial charge in [0.2, 0.25) is 35.4 Å². The number of rotatable bonds is 19. The van der Waals surface area contributed by atoms with Crippen LogP contribution in [0.1, 0.15) is 134 Å². The van der Waals surface area contributed by atoms with Crippen LogP contribution in [0.25, 0.3) is 10.9 Å². The van der Waals surface area contributed by atoms with Crippen LogP contribution in [0.2, 0.25) is 0 Å². The third-order valence-electron chi connectivity index (χ3n) is 16.4. The minimum absolute atomic E-state index is 0.0211. The van der Waals surface area contributed by atoms with Crippen LogP contribution in [0.3, 0.4) is 0 Å². The van der Waals surface area contributed by atoms with Crippen molar-refractivity contribution in [2.45, 2.75) is 177 Å². The number of amides is 6. The molecule has 4 heterocycles. The molecule has 3 aromatic rings. The number of carbonyl (C=O) groups is 6. The van der Waals surface area contributed by atoms with Crippen molar-refractivity contribution in [2.24, 2.45) is 11.8 Å². The van der Waals surface area contributed by atoms with Gasteiger partial charge >= 0.3 is 6.18 Å². The van der Waals surface area contributed by atoms with Gasteiger partial charge < -0.3 is 46.0 Å². The predicted octanol–water partition coefficient (Wildman–Crippen LogP) is 5.43. The van der Waals surface area contributed by atoms with Gasteiger partial charge in [0.25, 0.3) is 0 Å². The van der Waals surface area contributed by atoms with E-state index in [4.69, 9.17) is 4.74 Å². The summed E-state index contributed by atoms with van der Waals surface area (Å²) in [7, 11) is 3.77. The maximum Gasteiger partial charge on any atom is 0.416 e. The van der Waals surface area contributed by atoms with Crippen molar-refractivity contribution in [3.63, 3.8) is 0 Å². The lowest BCUT2D eigenvalue weighted by molar-refractivity contribution is -0.137. The van der Waals surface area contributed by atoms with Crippen LogP contribution in [-0.2, 0) is 39.7 Å². The van der Waals surface area contributed by atoms with E-state index in [1.165, 1.54) is 12.4 Å². The van der Waals surface area contributed by atoms with Crippen LogP contribution in [-0.4, -0.2) is 147 Å². The summed E-state index contributed by atoms with van der Waals surface area (Å²) in [5.41, 5.74) is 0.301. The molecule has 2 saturated heterocycles. The van der Waals surface area contributed by atoms with Gasteiger partial charge in [0.05, 0.1) is 41.2 Å². The fourth-order valence-corrected chi connectivity index (χ4v) is 11.9. The number of carbonyl (C=O) groups excluding carboxylic acids is 6. The zero-order chi connectivity index (χ0) is 53.4. The number of likely N-dealkylation sites (tertiary alicyclic amines) is 2. The van der Waals surface area contributed by atoms with Gasteiger partial charge in [0.1, 0.15) is 18.2 Å². The van der Waals surface area contributed by atoms with E-state index in [1.807, 2.05) is 11.0 Å². The maximum atomic E-state index is 14.1. The number of hydrogen-bond acceptors (Lipinski definition) is 12. The summed E-state index contributed by atoms with van der Waals surface area (Å²) in [5.74, 6) is -1.39. The van der Waals surface area contributed by atoms with Crippen molar-refractivity contribution in [1.82, 2.24) is 50.9 Å². The average molecular weight is 1050 g/mol. The minimum atomic E-state index is -4.55. The molecular weight excluding hydrogens is 972 g/mol. The van der Waals surface area contributed by atoms with Gasteiger partial charge in [-0.25, -0.2) is 9.97 Å². The summed E-state index contributed by atoms with van der Waals surface area (Å²) in [6, 6.07) is 5.74. The second-order valence-electron chi connectivity index (χ2n) is 21.6. The first-order valence-corrected chi connectivity index (χ1v) is 27.0. The molecule has 2 aromatic heterocycles. The predicted molar refractivity (Wildman–Crippen MR) is 273 cm³/mol. The lowest BCUT2D eigenvalue weighted by Crippen LogP contribution is -2.59. The number of alkyl halides is 3. The van der Waals surface area contributed by atoms with Gasteiger partial charge in [-0.05, 0) is 134 Å². The Morgan fingerprint density at radius 3 is 2.28 bits per heavy atom. The molecule has 2 aliphatic heterocycles. The number of nitrogens with one attached hydrogen (secondary N) is 5. The zero-order valence-corrected chi connectivity index (χ0v) is 43.6. The van der Waals surface area contributed by atoms with E-state index < -0.39 is 29.7 Å². The Balaban J connectivity index is 0.720. The number of anilines is 1. The van der Waals surface area contributed by atoms with Crippen molar-refractivity contribution in [3.05, 3.63) is 60.2 Å². The lowest BCUT2D eigenvalue weighted by Gasteiger charge is -2.45. The third-order valence-corrected chi connectivity index (χ3v) is 16.4. The van der Waals surface area contributed by atoms with Crippen LogP contribution in [0.15, 0.2) is 49.1 Å². The molecule has 0 spiro atoms. The summed E-state index contributed by atoms with van der Waals surface area (Å²) in [6.45, 7) is 5.32. The van der Waals surface area contributed by atoms with Gasteiger partial charge in [-0.2, -0.15) is 13.2 Å². The van der Waals surface area contributed by atoms with Crippen molar-refractivity contribution in [3.8, 4) is 0 Å². The summed E-state index contributed by atoms with van der Waals surface area (Å²) < 4.78 is 47.0. The molecule has 75 heavy (non-hydrogen) atoms. The molecule has 0 unspecified atom stereocenters. The van der Waals surface area contributed by atoms with Gasteiger partial charge in [-0.15, -0.1) is 0 Å². The lowest BCUT2D eigenvalue weighted by atomic mass is 9.82. The molecule has 6 amide bonds. The van der Waals surface area contributed by atoms with E-state index >= 15 is 0 Å². The Morgan fingerprint density at radius 2 is 1.59 bits per heavy atom. The van der Waals surface area contributed by atoms with E-state index in [9.17, 15) is 41.9 Å². The van der Waals surface area contributed by atoms with E-state index in [2.05, 4.69) is 67.3 Å². The fraction of sp³-hybridized carbons (Fsp3) is 0.648. The van der Waals surface area contributed by atoms with E-state index in [1.54, 1.807) is 30.4 Å². The van der Waals surface area contributed by atoms with Gasteiger partial charge in [-0.3, -0.25) is 33.8 Å². The first-order valence-electron chi connectivity index (χ1n) is 27.0. The number of benzene rings is 1. The number of pyridine rings is 1. The molecule has 8 rings (SSSR count). The highest BCUT2D eigenvalue weighted by molar-refractivity contribution is 5.94. The molecule has 5 fully saturated rings. The Hall–Kier alpha value is -5.96. The maximum absolute atomic E-state index is 14.1. The molecular formula is C54H74F3N11O7. The van der Waals surface area contributed by atoms with Crippen LogP contribution in [0.5, 0.6) is 0 Å². The molecule has 21 heteroatoms. The summed E-state index contributed by atoms with van der Waals surface area (Å²) in [6.07, 6.45) is 9.57. The molecule has 0 radical (unpaired) electrons.